The molecule has 25 heavy (non-hydrogen) atoms. The van der Waals surface area contributed by atoms with Gasteiger partial charge in [0.25, 0.3) is 0 Å². The molecule has 0 radical (unpaired) electrons. The minimum atomic E-state index is -0.334. The lowest BCUT2D eigenvalue weighted by Gasteiger charge is -2.64. The van der Waals surface area contributed by atoms with E-state index in [0.29, 0.717) is 17.8 Å². The highest BCUT2D eigenvalue weighted by Gasteiger charge is 2.68. The van der Waals surface area contributed by atoms with E-state index >= 15 is 0 Å². The third-order valence-electron chi connectivity index (χ3n) is 7.34. The SMILES string of the molecule is CC1(C)C2CC3OB([C@@H](N)Cc4coc5ccccc45)OC3(C)C1C2. The second kappa shape index (κ2) is 5.12. The zero-order valence-electron chi connectivity index (χ0n) is 15.2. The minimum absolute atomic E-state index is 0.182. The third-order valence-corrected chi connectivity index (χ3v) is 7.34. The predicted molar refractivity (Wildman–Crippen MR) is 98.0 cm³/mol. The summed E-state index contributed by atoms with van der Waals surface area (Å²) < 4.78 is 18.4. The Morgan fingerprint density at radius 2 is 2.04 bits per heavy atom. The largest absolute Gasteiger partial charge is 0.475 e. The van der Waals surface area contributed by atoms with Gasteiger partial charge in [-0.3, -0.25) is 0 Å². The second-order valence-electron chi connectivity index (χ2n) is 8.96. The molecular formula is C20H26BNO3. The second-order valence-corrected chi connectivity index (χ2v) is 8.96. The zero-order valence-corrected chi connectivity index (χ0v) is 15.2. The van der Waals surface area contributed by atoms with E-state index in [4.69, 9.17) is 19.5 Å². The van der Waals surface area contributed by atoms with Crippen LogP contribution in [-0.4, -0.2) is 24.8 Å². The number of hydrogen-bond donors (Lipinski definition) is 1. The van der Waals surface area contributed by atoms with Crippen LogP contribution in [0.2, 0.25) is 0 Å². The summed E-state index contributed by atoms with van der Waals surface area (Å²) in [7, 11) is -0.334. The number of benzene rings is 1. The fourth-order valence-electron chi connectivity index (χ4n) is 5.62. The van der Waals surface area contributed by atoms with Crippen molar-refractivity contribution >= 4 is 18.1 Å². The lowest BCUT2D eigenvalue weighted by molar-refractivity contribution is -0.199. The molecule has 1 aromatic carbocycles. The van der Waals surface area contributed by atoms with Gasteiger partial charge in [0.2, 0.25) is 0 Å². The van der Waals surface area contributed by atoms with Crippen molar-refractivity contribution in [2.24, 2.45) is 23.0 Å². The fourth-order valence-corrected chi connectivity index (χ4v) is 5.62. The molecule has 2 heterocycles. The first-order valence-corrected chi connectivity index (χ1v) is 9.43. The molecule has 2 N–H and O–H groups in total. The molecule has 4 nitrogen and oxygen atoms in total. The Bertz CT molecular complexity index is 818. The van der Waals surface area contributed by atoms with Gasteiger partial charge in [0.05, 0.1) is 18.0 Å². The van der Waals surface area contributed by atoms with Crippen LogP contribution in [0.4, 0.5) is 0 Å². The molecule has 5 atom stereocenters. The Morgan fingerprint density at radius 1 is 1.24 bits per heavy atom. The van der Waals surface area contributed by atoms with Gasteiger partial charge < -0.3 is 19.5 Å². The number of para-hydroxylation sites is 1. The first-order chi connectivity index (χ1) is 11.9. The van der Waals surface area contributed by atoms with Crippen LogP contribution in [0.1, 0.15) is 39.2 Å². The molecule has 4 fully saturated rings. The molecular weight excluding hydrogens is 313 g/mol. The fraction of sp³-hybridized carbons (Fsp3) is 0.600. The highest BCUT2D eigenvalue weighted by Crippen LogP contribution is 2.65. The highest BCUT2D eigenvalue weighted by atomic mass is 16.7. The van der Waals surface area contributed by atoms with Crippen LogP contribution in [0.3, 0.4) is 0 Å². The van der Waals surface area contributed by atoms with E-state index in [1.807, 2.05) is 24.5 Å². The monoisotopic (exact) mass is 339 g/mol. The Hall–Kier alpha value is -1.30. The summed E-state index contributed by atoms with van der Waals surface area (Å²) in [6, 6.07) is 8.08. The molecule has 6 rings (SSSR count). The maximum atomic E-state index is 6.51. The lowest BCUT2D eigenvalue weighted by Crippen LogP contribution is -2.65. The Kier molecular flexibility index (Phi) is 3.26. The molecule has 3 aliphatic carbocycles. The molecule has 132 valence electrons. The first kappa shape index (κ1) is 15.9. The molecule has 4 aliphatic rings. The van der Waals surface area contributed by atoms with Crippen molar-refractivity contribution in [2.45, 2.75) is 57.7 Å². The molecule has 5 heteroatoms. The van der Waals surface area contributed by atoms with Crippen LogP contribution >= 0.6 is 0 Å². The van der Waals surface area contributed by atoms with E-state index in [-0.39, 0.29) is 24.8 Å². The van der Waals surface area contributed by atoms with Crippen LogP contribution in [0.5, 0.6) is 0 Å². The summed E-state index contributed by atoms with van der Waals surface area (Å²) in [5.41, 5.74) is 8.70. The topological polar surface area (TPSA) is 57.6 Å². The maximum absolute atomic E-state index is 6.51. The van der Waals surface area contributed by atoms with Crippen LogP contribution in [-0.2, 0) is 15.7 Å². The standard InChI is InChI=1S/C20H26BNO3/c1-19(2)13-9-16(19)20(3)17(10-13)24-21(25-20)18(22)8-12-11-23-15-7-5-4-6-14(12)15/h4-7,11,13,16-18H,8-10,22H2,1-3H3/t13?,16?,17?,18-,20?/m0/s1. The Morgan fingerprint density at radius 3 is 2.84 bits per heavy atom. The zero-order chi connectivity index (χ0) is 17.4. The summed E-state index contributed by atoms with van der Waals surface area (Å²) in [6.45, 7) is 6.99. The molecule has 3 saturated carbocycles. The normalized spacial score (nSPS) is 37.0. The van der Waals surface area contributed by atoms with E-state index in [1.54, 1.807) is 0 Å². The third kappa shape index (κ3) is 2.12. The van der Waals surface area contributed by atoms with E-state index < -0.39 is 0 Å². The van der Waals surface area contributed by atoms with Gasteiger partial charge in [-0.05, 0) is 55.1 Å². The quantitative estimate of drug-likeness (QED) is 0.869. The van der Waals surface area contributed by atoms with E-state index in [2.05, 4.69) is 26.8 Å². The summed E-state index contributed by atoms with van der Waals surface area (Å²) in [6.07, 6.45) is 5.05. The highest BCUT2D eigenvalue weighted by molar-refractivity contribution is 6.47. The molecule has 2 aromatic rings. The smallest absolute Gasteiger partial charge is 0.464 e. The van der Waals surface area contributed by atoms with Gasteiger partial charge in [-0.25, -0.2) is 0 Å². The van der Waals surface area contributed by atoms with Crippen molar-refractivity contribution < 1.29 is 13.7 Å². The molecule has 2 bridgehead atoms. The summed E-state index contributed by atoms with van der Waals surface area (Å²) in [5, 5.41) is 1.13. The maximum Gasteiger partial charge on any atom is 0.475 e. The van der Waals surface area contributed by atoms with Gasteiger partial charge >= 0.3 is 7.12 Å². The van der Waals surface area contributed by atoms with Gasteiger partial charge in [0.1, 0.15) is 5.58 Å². The minimum Gasteiger partial charge on any atom is -0.464 e. The van der Waals surface area contributed by atoms with E-state index in [9.17, 15) is 0 Å². The van der Waals surface area contributed by atoms with Crippen molar-refractivity contribution in [3.05, 3.63) is 36.1 Å². The molecule has 4 unspecified atom stereocenters. The average molecular weight is 339 g/mol. The number of rotatable bonds is 3. The predicted octanol–water partition coefficient (Wildman–Crippen LogP) is 3.57. The van der Waals surface area contributed by atoms with Gasteiger partial charge in [-0.2, -0.15) is 0 Å². The number of nitrogens with two attached hydrogens (primary N) is 1. The first-order valence-electron chi connectivity index (χ1n) is 9.43. The average Bonchev–Trinajstić information content (AvgIpc) is 3.15. The lowest BCUT2D eigenvalue weighted by atomic mass is 9.43. The van der Waals surface area contributed by atoms with Gasteiger partial charge in [0, 0.05) is 11.3 Å². The molecule has 1 aromatic heterocycles. The van der Waals surface area contributed by atoms with Crippen LogP contribution in [0, 0.1) is 17.3 Å². The number of furan rings is 1. The van der Waals surface area contributed by atoms with Crippen LogP contribution in [0.25, 0.3) is 11.0 Å². The summed E-state index contributed by atoms with van der Waals surface area (Å²) in [4.78, 5) is 0. The molecule has 0 spiro atoms. The van der Waals surface area contributed by atoms with Crippen molar-refractivity contribution in [2.75, 3.05) is 0 Å². The van der Waals surface area contributed by atoms with Gasteiger partial charge in [-0.1, -0.05) is 32.0 Å². The molecule has 0 amide bonds. The molecule has 1 aliphatic heterocycles. The number of hydrogen-bond acceptors (Lipinski definition) is 4. The van der Waals surface area contributed by atoms with E-state index in [1.165, 1.54) is 6.42 Å². The van der Waals surface area contributed by atoms with Gasteiger partial charge in [0.15, 0.2) is 0 Å². The number of fused-ring (bicyclic) bond motifs is 1. The van der Waals surface area contributed by atoms with Crippen molar-refractivity contribution in [1.82, 2.24) is 0 Å². The van der Waals surface area contributed by atoms with Crippen molar-refractivity contribution in [3.8, 4) is 0 Å². The van der Waals surface area contributed by atoms with E-state index in [0.717, 1.165) is 28.9 Å². The Labute approximate surface area is 149 Å². The van der Waals surface area contributed by atoms with Crippen molar-refractivity contribution in [1.29, 1.82) is 0 Å². The van der Waals surface area contributed by atoms with Crippen LogP contribution in [0.15, 0.2) is 34.9 Å². The molecule has 1 saturated heterocycles. The van der Waals surface area contributed by atoms with Crippen molar-refractivity contribution in [3.63, 3.8) is 0 Å². The summed E-state index contributed by atoms with van der Waals surface area (Å²) >= 11 is 0. The Balaban J connectivity index is 1.35. The summed E-state index contributed by atoms with van der Waals surface area (Å²) in [5.74, 6) is 1.13. The van der Waals surface area contributed by atoms with Crippen LogP contribution < -0.4 is 5.73 Å². The van der Waals surface area contributed by atoms with Gasteiger partial charge in [-0.15, -0.1) is 0 Å².